The number of rotatable bonds is 1. The molecule has 5 heteroatoms. The molecule has 0 saturated carbocycles. The first-order valence-corrected chi connectivity index (χ1v) is 3.59. The molecule has 62 valence electrons. The Morgan fingerprint density at radius 1 is 1.50 bits per heavy atom. The van der Waals surface area contributed by atoms with Gasteiger partial charge in [-0.15, -0.1) is 0 Å². The van der Waals surface area contributed by atoms with Crippen molar-refractivity contribution in [2.75, 3.05) is 5.73 Å². The average Bonchev–Trinajstić information content (AvgIpc) is 2.46. The standard InChI is InChI=1S/C7H9N5/c8-2-6-1-7-10-3-5(9)4-12(7)11-6/h1,3-4H,2,8-9H2. The Bertz CT molecular complexity index is 405. The summed E-state index contributed by atoms with van der Waals surface area (Å²) in [5.74, 6) is 0. The van der Waals surface area contributed by atoms with Crippen molar-refractivity contribution < 1.29 is 0 Å². The smallest absolute Gasteiger partial charge is 0.155 e. The number of hydrogen-bond donors (Lipinski definition) is 2. The van der Waals surface area contributed by atoms with E-state index in [0.29, 0.717) is 12.2 Å². The van der Waals surface area contributed by atoms with Crippen molar-refractivity contribution in [3.05, 3.63) is 24.2 Å². The van der Waals surface area contributed by atoms with Gasteiger partial charge in [-0.2, -0.15) is 5.10 Å². The molecule has 0 aliphatic rings. The predicted molar refractivity (Wildman–Crippen MR) is 45.3 cm³/mol. The van der Waals surface area contributed by atoms with Gasteiger partial charge in [0.2, 0.25) is 0 Å². The van der Waals surface area contributed by atoms with Crippen LogP contribution < -0.4 is 11.5 Å². The zero-order valence-corrected chi connectivity index (χ0v) is 6.44. The Balaban J connectivity index is 2.67. The van der Waals surface area contributed by atoms with Gasteiger partial charge in [0.05, 0.1) is 23.8 Å². The summed E-state index contributed by atoms with van der Waals surface area (Å²) in [6.45, 7) is 0.420. The number of anilines is 1. The molecule has 2 rings (SSSR count). The first-order chi connectivity index (χ1) is 5.79. The lowest BCUT2D eigenvalue weighted by atomic mass is 10.4. The minimum Gasteiger partial charge on any atom is -0.396 e. The van der Waals surface area contributed by atoms with E-state index in [4.69, 9.17) is 11.5 Å². The summed E-state index contributed by atoms with van der Waals surface area (Å²) in [5.41, 5.74) is 13.1. The van der Waals surface area contributed by atoms with Crippen LogP contribution in [0.3, 0.4) is 0 Å². The van der Waals surface area contributed by atoms with Gasteiger partial charge in [0.15, 0.2) is 5.65 Å². The van der Waals surface area contributed by atoms with Crippen molar-refractivity contribution >= 4 is 11.3 Å². The number of aromatic nitrogens is 3. The van der Waals surface area contributed by atoms with Gasteiger partial charge in [0, 0.05) is 12.6 Å². The van der Waals surface area contributed by atoms with Crippen molar-refractivity contribution in [1.82, 2.24) is 14.6 Å². The maximum atomic E-state index is 5.52. The van der Waals surface area contributed by atoms with Crippen LogP contribution >= 0.6 is 0 Å². The molecule has 0 saturated heterocycles. The highest BCUT2D eigenvalue weighted by Crippen LogP contribution is 2.05. The van der Waals surface area contributed by atoms with Gasteiger partial charge in [-0.05, 0) is 0 Å². The van der Waals surface area contributed by atoms with Gasteiger partial charge in [0.25, 0.3) is 0 Å². The Hall–Kier alpha value is -1.62. The predicted octanol–water partition coefficient (Wildman–Crippen LogP) is -0.230. The van der Waals surface area contributed by atoms with Crippen LogP contribution in [-0.2, 0) is 6.54 Å². The number of nitrogens with zero attached hydrogens (tertiary/aromatic N) is 3. The molecule has 0 amide bonds. The summed E-state index contributed by atoms with van der Waals surface area (Å²) in [6, 6.07) is 1.83. The Kier molecular flexibility index (Phi) is 1.44. The topological polar surface area (TPSA) is 82.2 Å². The van der Waals surface area contributed by atoms with E-state index >= 15 is 0 Å². The molecule has 0 spiro atoms. The van der Waals surface area contributed by atoms with E-state index in [1.807, 2.05) is 6.07 Å². The van der Waals surface area contributed by atoms with Crippen LogP contribution in [0.4, 0.5) is 5.69 Å². The van der Waals surface area contributed by atoms with E-state index in [9.17, 15) is 0 Å². The fourth-order valence-corrected chi connectivity index (χ4v) is 1.04. The highest BCUT2D eigenvalue weighted by molar-refractivity contribution is 5.44. The second kappa shape index (κ2) is 2.46. The molecule has 0 unspecified atom stereocenters. The van der Waals surface area contributed by atoms with Crippen molar-refractivity contribution in [3.63, 3.8) is 0 Å². The van der Waals surface area contributed by atoms with Gasteiger partial charge < -0.3 is 11.5 Å². The number of nitrogens with two attached hydrogens (primary N) is 2. The van der Waals surface area contributed by atoms with Crippen LogP contribution in [0.1, 0.15) is 5.69 Å². The molecule has 0 radical (unpaired) electrons. The quantitative estimate of drug-likeness (QED) is 0.608. The number of hydrogen-bond acceptors (Lipinski definition) is 4. The third-order valence-corrected chi connectivity index (χ3v) is 1.59. The molecule has 2 heterocycles. The molecule has 4 N–H and O–H groups in total. The van der Waals surface area contributed by atoms with Gasteiger partial charge in [-0.3, -0.25) is 0 Å². The van der Waals surface area contributed by atoms with Crippen molar-refractivity contribution in [1.29, 1.82) is 0 Å². The van der Waals surface area contributed by atoms with E-state index < -0.39 is 0 Å². The second-order valence-corrected chi connectivity index (χ2v) is 2.53. The number of nitrogen functional groups attached to an aromatic ring is 1. The second-order valence-electron chi connectivity index (χ2n) is 2.53. The van der Waals surface area contributed by atoms with Crippen molar-refractivity contribution in [2.24, 2.45) is 5.73 Å². The van der Waals surface area contributed by atoms with E-state index in [1.165, 1.54) is 0 Å². The maximum Gasteiger partial charge on any atom is 0.155 e. The monoisotopic (exact) mass is 163 g/mol. The summed E-state index contributed by atoms with van der Waals surface area (Å²) in [6.07, 6.45) is 3.30. The Labute approximate surface area is 69.0 Å². The van der Waals surface area contributed by atoms with E-state index in [-0.39, 0.29) is 0 Å². The summed E-state index contributed by atoms with van der Waals surface area (Å²) in [7, 11) is 0. The van der Waals surface area contributed by atoms with Crippen LogP contribution in [0.5, 0.6) is 0 Å². The summed E-state index contributed by atoms with van der Waals surface area (Å²) in [5, 5.41) is 4.14. The zero-order valence-electron chi connectivity index (χ0n) is 6.44. The fourth-order valence-electron chi connectivity index (χ4n) is 1.04. The molecule has 0 bridgehead atoms. The molecule has 0 fully saturated rings. The van der Waals surface area contributed by atoms with E-state index in [0.717, 1.165) is 11.3 Å². The normalized spacial score (nSPS) is 10.8. The van der Waals surface area contributed by atoms with Gasteiger partial charge in [-0.25, -0.2) is 9.50 Å². The van der Waals surface area contributed by atoms with Crippen LogP contribution in [-0.4, -0.2) is 14.6 Å². The zero-order chi connectivity index (χ0) is 8.55. The van der Waals surface area contributed by atoms with Crippen LogP contribution in [0.2, 0.25) is 0 Å². The highest BCUT2D eigenvalue weighted by Gasteiger charge is 1.99. The van der Waals surface area contributed by atoms with Gasteiger partial charge in [0.1, 0.15) is 0 Å². The van der Waals surface area contributed by atoms with Gasteiger partial charge in [-0.1, -0.05) is 0 Å². The number of fused-ring (bicyclic) bond motifs is 1. The minimum atomic E-state index is 0.420. The third-order valence-electron chi connectivity index (χ3n) is 1.59. The molecule has 2 aromatic rings. The van der Waals surface area contributed by atoms with Crippen molar-refractivity contribution in [3.8, 4) is 0 Å². The van der Waals surface area contributed by atoms with Gasteiger partial charge >= 0.3 is 0 Å². The molecule has 2 aromatic heterocycles. The first kappa shape index (κ1) is 7.05. The van der Waals surface area contributed by atoms with Crippen molar-refractivity contribution in [2.45, 2.75) is 6.54 Å². The summed E-state index contributed by atoms with van der Waals surface area (Å²) >= 11 is 0. The summed E-state index contributed by atoms with van der Waals surface area (Å²) in [4.78, 5) is 4.07. The van der Waals surface area contributed by atoms with Crippen LogP contribution in [0.15, 0.2) is 18.5 Å². The lowest BCUT2D eigenvalue weighted by Gasteiger charge is -1.92. The molecule has 0 aliphatic carbocycles. The lowest BCUT2D eigenvalue weighted by Crippen LogP contribution is -1.98. The van der Waals surface area contributed by atoms with E-state index in [1.54, 1.807) is 16.9 Å². The largest absolute Gasteiger partial charge is 0.396 e. The SMILES string of the molecule is NCc1cc2ncc(N)cn2n1. The van der Waals surface area contributed by atoms with E-state index in [2.05, 4.69) is 10.1 Å². The third kappa shape index (κ3) is 0.998. The molecule has 0 aromatic carbocycles. The van der Waals surface area contributed by atoms with Crippen LogP contribution in [0.25, 0.3) is 5.65 Å². The maximum absolute atomic E-state index is 5.52. The molecular weight excluding hydrogens is 154 g/mol. The highest BCUT2D eigenvalue weighted by atomic mass is 15.3. The Morgan fingerprint density at radius 2 is 2.33 bits per heavy atom. The molecule has 0 atom stereocenters. The molecular formula is C7H9N5. The molecule has 5 nitrogen and oxygen atoms in total. The average molecular weight is 163 g/mol. The Morgan fingerprint density at radius 3 is 3.08 bits per heavy atom. The first-order valence-electron chi connectivity index (χ1n) is 3.59. The molecule has 12 heavy (non-hydrogen) atoms. The molecule has 0 aliphatic heterocycles. The minimum absolute atomic E-state index is 0.420. The van der Waals surface area contributed by atoms with Crippen LogP contribution in [0, 0.1) is 0 Å². The lowest BCUT2D eigenvalue weighted by molar-refractivity contribution is 0.876. The fraction of sp³-hybridized carbons (Fsp3) is 0.143. The summed E-state index contributed by atoms with van der Waals surface area (Å²) < 4.78 is 1.62.